The third-order valence-electron chi connectivity index (χ3n) is 0.867. The molecule has 0 aromatic carbocycles. The second kappa shape index (κ2) is 12.3. The van der Waals surface area contributed by atoms with Crippen LogP contribution in [0.2, 0.25) is 0 Å². The van der Waals surface area contributed by atoms with Crippen molar-refractivity contribution in [3.8, 4) is 0 Å². The van der Waals surface area contributed by atoms with E-state index in [1.807, 2.05) is 0 Å². The minimum atomic E-state index is -0.935. The molecule has 0 spiro atoms. The molecule has 0 heterocycles. The number of rotatable bonds is 4. The number of carbonyl (C=O) groups is 2. The normalized spacial score (nSPS) is 7.33. The maximum atomic E-state index is 10.1. The molecule has 15 heavy (non-hydrogen) atoms. The van der Waals surface area contributed by atoms with Gasteiger partial charge in [-0.05, 0) is 6.92 Å². The predicted octanol–water partition coefficient (Wildman–Crippen LogP) is 0.507. The first-order valence-electron chi connectivity index (χ1n) is 3.74. The summed E-state index contributed by atoms with van der Waals surface area (Å²) in [5.74, 6) is -1.44. The molecule has 0 aliphatic carbocycles. The second-order valence-electron chi connectivity index (χ2n) is 2.18. The highest BCUT2D eigenvalue weighted by molar-refractivity contribution is 5.84. The zero-order valence-corrected chi connectivity index (χ0v) is 8.43. The van der Waals surface area contributed by atoms with Crippen molar-refractivity contribution >= 4 is 11.9 Å². The van der Waals surface area contributed by atoms with E-state index in [1.165, 1.54) is 6.92 Å². The number of hydrogen-bond donors (Lipinski definition) is 2. The monoisotopic (exact) mass is 222 g/mol. The summed E-state index contributed by atoms with van der Waals surface area (Å²) < 4.78 is 4.33. The van der Waals surface area contributed by atoms with Crippen LogP contribution in [0.5, 0.6) is 0 Å². The van der Waals surface area contributed by atoms with E-state index < -0.39 is 11.9 Å². The first-order chi connectivity index (χ1) is 6.45. The Labute approximate surface area is 87.0 Å². The zero-order valence-electron chi connectivity index (χ0n) is 8.43. The van der Waals surface area contributed by atoms with E-state index in [4.69, 9.17) is 10.2 Å². The smallest absolute Gasteiger partial charge is 0.330 e. The lowest BCUT2D eigenvalue weighted by molar-refractivity contribution is -0.138. The quantitative estimate of drug-likeness (QED) is 0.534. The van der Waals surface area contributed by atoms with Crippen LogP contribution < -0.4 is 0 Å². The molecule has 0 bridgehead atoms. The van der Waals surface area contributed by atoms with Crippen LogP contribution in [0.25, 0.3) is 0 Å². The van der Waals surface area contributed by atoms with E-state index in [9.17, 15) is 9.59 Å². The van der Waals surface area contributed by atoms with Gasteiger partial charge in [0.2, 0.25) is 0 Å². The molecule has 0 fully saturated rings. The number of aliphatic hydroxyl groups is 1. The van der Waals surface area contributed by atoms with Crippen LogP contribution in [0.15, 0.2) is 24.8 Å². The fourth-order valence-corrected chi connectivity index (χ4v) is 0.205. The number of carbonyl (C=O) groups excluding carboxylic acids is 1. The van der Waals surface area contributed by atoms with E-state index in [0.29, 0.717) is 0 Å². The van der Waals surface area contributed by atoms with Gasteiger partial charge in [0.1, 0.15) is 6.61 Å². The van der Waals surface area contributed by atoms with Gasteiger partial charge in [0, 0.05) is 11.6 Å². The van der Waals surface area contributed by atoms with Crippen LogP contribution >= 0.6 is 0 Å². The van der Waals surface area contributed by atoms with Crippen LogP contribution in [-0.2, 0) is 14.3 Å². The molecule has 0 amide bonds. The Bertz CT molecular complexity index is 213. The molecular formula is C9H15FO5. The second-order valence-corrected chi connectivity index (χ2v) is 2.18. The van der Waals surface area contributed by atoms with E-state index in [2.05, 4.69) is 17.9 Å². The number of halogens is 1. The third kappa shape index (κ3) is 18.9. The van der Waals surface area contributed by atoms with Gasteiger partial charge in [-0.1, -0.05) is 13.2 Å². The van der Waals surface area contributed by atoms with Gasteiger partial charge in [-0.3, -0.25) is 4.70 Å². The highest BCUT2D eigenvalue weighted by Crippen LogP contribution is 1.81. The summed E-state index contributed by atoms with van der Waals surface area (Å²) >= 11 is 0. The summed E-state index contributed by atoms with van der Waals surface area (Å²) in [7, 11) is 0. The molecule has 0 rings (SSSR count). The standard InChI is InChI=1S/C5H8O3.C4H6O2.FH/c1-2-5(7)8-4-3-6;1-3(2)4(5)6;/h2,6H,1,3-4H2;1H2,2H3,(H,5,6);1H. The zero-order chi connectivity index (χ0) is 11.6. The Hall–Kier alpha value is -1.69. The molecule has 5 nitrogen and oxygen atoms in total. The van der Waals surface area contributed by atoms with Crippen molar-refractivity contribution in [2.24, 2.45) is 0 Å². The molecule has 6 heteroatoms. The van der Waals surface area contributed by atoms with E-state index in [0.717, 1.165) is 6.08 Å². The molecule has 0 aliphatic heterocycles. The van der Waals surface area contributed by atoms with E-state index in [-0.39, 0.29) is 23.5 Å². The molecule has 0 atom stereocenters. The van der Waals surface area contributed by atoms with Gasteiger partial charge in [-0.15, -0.1) is 0 Å². The molecule has 0 saturated heterocycles. The van der Waals surface area contributed by atoms with Crippen molar-refractivity contribution in [1.29, 1.82) is 0 Å². The van der Waals surface area contributed by atoms with Gasteiger partial charge in [0.15, 0.2) is 0 Å². The van der Waals surface area contributed by atoms with Crippen LogP contribution in [-0.4, -0.2) is 35.4 Å². The van der Waals surface area contributed by atoms with Gasteiger partial charge in [-0.25, -0.2) is 9.59 Å². The van der Waals surface area contributed by atoms with Crippen molar-refractivity contribution < 1.29 is 29.2 Å². The minimum Gasteiger partial charge on any atom is -0.478 e. The van der Waals surface area contributed by atoms with Crippen molar-refractivity contribution in [3.63, 3.8) is 0 Å². The van der Waals surface area contributed by atoms with Crippen molar-refractivity contribution in [1.82, 2.24) is 0 Å². The summed E-state index contributed by atoms with van der Waals surface area (Å²) in [6.45, 7) is 7.67. The largest absolute Gasteiger partial charge is 0.478 e. The Balaban J connectivity index is -0.000000187. The molecule has 0 saturated carbocycles. The molecule has 0 aromatic rings. The summed E-state index contributed by atoms with van der Waals surface area (Å²) in [5.41, 5.74) is 0.176. The lowest BCUT2D eigenvalue weighted by atomic mass is 10.4. The summed E-state index contributed by atoms with van der Waals surface area (Å²) in [6, 6.07) is 0. The van der Waals surface area contributed by atoms with Crippen LogP contribution in [0.4, 0.5) is 4.70 Å². The molecular weight excluding hydrogens is 207 g/mol. The summed E-state index contributed by atoms with van der Waals surface area (Å²) in [6.07, 6.45) is 1.05. The van der Waals surface area contributed by atoms with E-state index >= 15 is 0 Å². The number of hydrogen-bond acceptors (Lipinski definition) is 4. The topological polar surface area (TPSA) is 83.8 Å². The third-order valence-corrected chi connectivity index (χ3v) is 0.867. The predicted molar refractivity (Wildman–Crippen MR) is 53.2 cm³/mol. The highest BCUT2D eigenvalue weighted by atomic mass is 19.0. The molecule has 0 unspecified atom stereocenters. The van der Waals surface area contributed by atoms with Crippen molar-refractivity contribution in [2.45, 2.75) is 6.92 Å². The van der Waals surface area contributed by atoms with E-state index in [1.54, 1.807) is 0 Å². The number of carboxylic acid groups (broad SMARTS) is 1. The number of ether oxygens (including phenoxy) is 1. The average Bonchev–Trinajstić information content (AvgIpc) is 2.14. The lowest BCUT2D eigenvalue weighted by Crippen LogP contribution is -2.04. The minimum absolute atomic E-state index is 0. The first kappa shape index (κ1) is 19.0. The number of aliphatic carboxylic acids is 1. The molecule has 0 aliphatic rings. The molecule has 0 aromatic heterocycles. The van der Waals surface area contributed by atoms with Gasteiger partial charge in [0.25, 0.3) is 0 Å². The van der Waals surface area contributed by atoms with Gasteiger partial charge in [-0.2, -0.15) is 0 Å². The highest BCUT2D eigenvalue weighted by Gasteiger charge is 1.90. The van der Waals surface area contributed by atoms with Crippen molar-refractivity contribution in [3.05, 3.63) is 24.8 Å². The van der Waals surface area contributed by atoms with Crippen molar-refractivity contribution in [2.75, 3.05) is 13.2 Å². The summed E-state index contributed by atoms with van der Waals surface area (Å²) in [4.78, 5) is 19.7. The number of aliphatic hydroxyl groups excluding tert-OH is 1. The molecule has 2 N–H and O–H groups in total. The Morgan fingerprint density at radius 3 is 2.07 bits per heavy atom. The number of carboxylic acids is 1. The van der Waals surface area contributed by atoms with Crippen LogP contribution in [0, 0.1) is 0 Å². The molecule has 0 radical (unpaired) electrons. The fourth-order valence-electron chi connectivity index (χ4n) is 0.205. The maximum absolute atomic E-state index is 10.1. The van der Waals surface area contributed by atoms with Gasteiger partial charge >= 0.3 is 11.9 Å². The van der Waals surface area contributed by atoms with Gasteiger partial charge in [0.05, 0.1) is 6.61 Å². The van der Waals surface area contributed by atoms with Crippen LogP contribution in [0.3, 0.4) is 0 Å². The number of esters is 1. The average molecular weight is 222 g/mol. The Kier molecular flexibility index (Phi) is 15.6. The Morgan fingerprint density at radius 2 is 1.87 bits per heavy atom. The fraction of sp³-hybridized carbons (Fsp3) is 0.333. The first-order valence-corrected chi connectivity index (χ1v) is 3.74. The maximum Gasteiger partial charge on any atom is 0.330 e. The Morgan fingerprint density at radius 1 is 1.47 bits per heavy atom. The summed E-state index contributed by atoms with van der Waals surface area (Å²) in [5, 5.41) is 16.0. The lowest BCUT2D eigenvalue weighted by Gasteiger charge is -1.94. The molecule has 88 valence electrons. The van der Waals surface area contributed by atoms with Gasteiger partial charge < -0.3 is 14.9 Å². The van der Waals surface area contributed by atoms with Crippen LogP contribution in [0.1, 0.15) is 6.92 Å². The SMILES string of the molecule is C=C(C)C(=O)O.C=CC(=O)OCCO.F.